The molecule has 2 fully saturated rings. The zero-order valence-corrected chi connectivity index (χ0v) is 13.9. The Morgan fingerprint density at radius 3 is 2.50 bits per heavy atom. The van der Waals surface area contributed by atoms with Crippen molar-refractivity contribution >= 4 is 29.1 Å². The Hall–Kier alpha value is -2.37. The maximum absolute atomic E-state index is 12.0. The van der Waals surface area contributed by atoms with Gasteiger partial charge in [-0.15, -0.1) is 0 Å². The molecule has 1 saturated heterocycles. The first-order chi connectivity index (χ1) is 11.5. The van der Waals surface area contributed by atoms with Crippen molar-refractivity contribution in [3.8, 4) is 0 Å². The second-order valence-corrected chi connectivity index (χ2v) is 6.56. The van der Waals surface area contributed by atoms with Crippen molar-refractivity contribution in [2.75, 3.05) is 16.8 Å². The number of aryl methyl sites for hydroxylation is 1. The molecular formula is C18H23N3O3. The van der Waals surface area contributed by atoms with E-state index in [1.807, 2.05) is 13.0 Å². The molecule has 3 amide bonds. The molecule has 6 heteroatoms. The number of hydrogen-bond donors (Lipinski definition) is 2. The fraction of sp³-hybridized carbons (Fsp3) is 0.500. The Bertz CT molecular complexity index is 665. The van der Waals surface area contributed by atoms with Gasteiger partial charge in [0.15, 0.2) is 0 Å². The molecule has 0 radical (unpaired) electrons. The summed E-state index contributed by atoms with van der Waals surface area (Å²) < 4.78 is 0. The fourth-order valence-electron chi connectivity index (χ4n) is 3.45. The van der Waals surface area contributed by atoms with Crippen LogP contribution in [0.2, 0.25) is 0 Å². The fourth-order valence-corrected chi connectivity index (χ4v) is 3.45. The average Bonchev–Trinajstić information content (AvgIpc) is 3.19. The van der Waals surface area contributed by atoms with Crippen molar-refractivity contribution in [3.63, 3.8) is 0 Å². The van der Waals surface area contributed by atoms with Crippen LogP contribution >= 0.6 is 0 Å². The summed E-state index contributed by atoms with van der Waals surface area (Å²) in [6, 6.07) is 5.47. The summed E-state index contributed by atoms with van der Waals surface area (Å²) in [4.78, 5) is 37.6. The van der Waals surface area contributed by atoms with Crippen molar-refractivity contribution in [1.29, 1.82) is 0 Å². The third kappa shape index (κ3) is 3.58. The number of carbonyl (C=O) groups excluding carboxylic acids is 3. The Labute approximate surface area is 141 Å². The molecule has 2 N–H and O–H groups in total. The van der Waals surface area contributed by atoms with E-state index < -0.39 is 11.8 Å². The molecular weight excluding hydrogens is 306 g/mol. The zero-order valence-electron chi connectivity index (χ0n) is 13.9. The van der Waals surface area contributed by atoms with Gasteiger partial charge in [-0.1, -0.05) is 12.8 Å². The van der Waals surface area contributed by atoms with E-state index >= 15 is 0 Å². The molecule has 1 aliphatic heterocycles. The third-order valence-electron chi connectivity index (χ3n) is 4.72. The molecule has 0 aromatic heterocycles. The summed E-state index contributed by atoms with van der Waals surface area (Å²) in [6.45, 7) is 2.63. The van der Waals surface area contributed by atoms with Crippen molar-refractivity contribution in [2.45, 2.75) is 51.5 Å². The first-order valence-corrected chi connectivity index (χ1v) is 8.57. The van der Waals surface area contributed by atoms with Crippen LogP contribution in [0, 0.1) is 6.92 Å². The van der Waals surface area contributed by atoms with Gasteiger partial charge in [0.1, 0.15) is 0 Å². The number of nitrogens with one attached hydrogen (secondary N) is 2. The summed E-state index contributed by atoms with van der Waals surface area (Å²) in [5, 5.41) is 5.40. The van der Waals surface area contributed by atoms with Gasteiger partial charge >= 0.3 is 11.8 Å². The number of nitrogens with zero attached hydrogens (tertiary/aromatic N) is 1. The van der Waals surface area contributed by atoms with E-state index in [4.69, 9.17) is 0 Å². The molecule has 3 rings (SSSR count). The minimum absolute atomic E-state index is 0.119. The van der Waals surface area contributed by atoms with E-state index in [2.05, 4.69) is 10.6 Å². The lowest BCUT2D eigenvalue weighted by atomic mass is 10.1. The van der Waals surface area contributed by atoms with Crippen LogP contribution in [0.5, 0.6) is 0 Å². The summed E-state index contributed by atoms with van der Waals surface area (Å²) in [5.74, 6) is -1.10. The monoisotopic (exact) mass is 329 g/mol. The molecule has 1 aliphatic carbocycles. The predicted molar refractivity (Wildman–Crippen MR) is 91.8 cm³/mol. The van der Waals surface area contributed by atoms with Gasteiger partial charge in [-0.25, -0.2) is 0 Å². The number of hydrogen-bond acceptors (Lipinski definition) is 3. The smallest absolute Gasteiger partial charge is 0.313 e. The SMILES string of the molecule is Cc1cc(NC(=O)C(=O)NC2CCCC2)ccc1N1CCCC1=O. The molecule has 1 saturated carbocycles. The first kappa shape index (κ1) is 16.5. The second kappa shape index (κ2) is 7.03. The van der Waals surface area contributed by atoms with Crippen molar-refractivity contribution < 1.29 is 14.4 Å². The highest BCUT2D eigenvalue weighted by Crippen LogP contribution is 2.27. The topological polar surface area (TPSA) is 78.5 Å². The third-order valence-corrected chi connectivity index (χ3v) is 4.72. The maximum atomic E-state index is 12.0. The van der Waals surface area contributed by atoms with Gasteiger partial charge in [0, 0.05) is 30.4 Å². The van der Waals surface area contributed by atoms with Crippen molar-refractivity contribution in [3.05, 3.63) is 23.8 Å². The number of rotatable bonds is 3. The molecule has 2 aliphatic rings. The summed E-state index contributed by atoms with van der Waals surface area (Å²) in [6.07, 6.45) is 5.54. The molecule has 24 heavy (non-hydrogen) atoms. The molecule has 0 spiro atoms. The van der Waals surface area contributed by atoms with E-state index in [9.17, 15) is 14.4 Å². The number of carbonyl (C=O) groups is 3. The van der Waals surface area contributed by atoms with Gasteiger partial charge < -0.3 is 15.5 Å². The average molecular weight is 329 g/mol. The summed E-state index contributed by atoms with van der Waals surface area (Å²) in [7, 11) is 0. The van der Waals surface area contributed by atoms with Crippen molar-refractivity contribution in [2.24, 2.45) is 0 Å². The molecule has 0 unspecified atom stereocenters. The predicted octanol–water partition coefficient (Wildman–Crippen LogP) is 2.12. The second-order valence-electron chi connectivity index (χ2n) is 6.56. The minimum atomic E-state index is -0.647. The summed E-state index contributed by atoms with van der Waals surface area (Å²) >= 11 is 0. The molecule has 6 nitrogen and oxygen atoms in total. The molecule has 0 atom stereocenters. The van der Waals surface area contributed by atoms with E-state index in [1.165, 1.54) is 0 Å². The highest BCUT2D eigenvalue weighted by atomic mass is 16.2. The first-order valence-electron chi connectivity index (χ1n) is 8.57. The molecule has 1 aromatic carbocycles. The van der Waals surface area contributed by atoms with Crippen LogP contribution < -0.4 is 15.5 Å². The molecule has 128 valence electrons. The number of benzene rings is 1. The standard InChI is InChI=1S/C18H23N3O3/c1-12-11-14(8-9-15(12)21-10-4-7-16(21)22)20-18(24)17(23)19-13-5-2-3-6-13/h8-9,11,13H,2-7,10H2,1H3,(H,19,23)(H,20,24). The van der Waals surface area contributed by atoms with Crippen LogP contribution in [0.4, 0.5) is 11.4 Å². The lowest BCUT2D eigenvalue weighted by molar-refractivity contribution is -0.136. The van der Waals surface area contributed by atoms with E-state index in [0.717, 1.165) is 49.9 Å². The zero-order chi connectivity index (χ0) is 17.1. The van der Waals surface area contributed by atoms with Crippen LogP contribution in [0.15, 0.2) is 18.2 Å². The summed E-state index contributed by atoms with van der Waals surface area (Å²) in [5.41, 5.74) is 2.33. The lowest BCUT2D eigenvalue weighted by Crippen LogP contribution is -2.40. The van der Waals surface area contributed by atoms with E-state index in [1.54, 1.807) is 17.0 Å². The van der Waals surface area contributed by atoms with Crippen LogP contribution in [-0.4, -0.2) is 30.3 Å². The Morgan fingerprint density at radius 1 is 1.12 bits per heavy atom. The van der Waals surface area contributed by atoms with Crippen molar-refractivity contribution in [1.82, 2.24) is 5.32 Å². The number of anilines is 2. The number of amides is 3. The lowest BCUT2D eigenvalue weighted by Gasteiger charge is -2.19. The quantitative estimate of drug-likeness (QED) is 0.834. The molecule has 1 heterocycles. The van der Waals surface area contributed by atoms with Gasteiger partial charge in [0.25, 0.3) is 0 Å². The highest BCUT2D eigenvalue weighted by molar-refractivity contribution is 6.39. The van der Waals surface area contributed by atoms with Gasteiger partial charge in [-0.2, -0.15) is 0 Å². The van der Waals surface area contributed by atoms with Crippen LogP contribution in [0.1, 0.15) is 44.1 Å². The van der Waals surface area contributed by atoms with Crippen LogP contribution in [0.3, 0.4) is 0 Å². The Balaban J connectivity index is 1.62. The van der Waals surface area contributed by atoms with E-state index in [-0.39, 0.29) is 11.9 Å². The van der Waals surface area contributed by atoms with E-state index in [0.29, 0.717) is 12.1 Å². The largest absolute Gasteiger partial charge is 0.345 e. The van der Waals surface area contributed by atoms with Crippen LogP contribution in [-0.2, 0) is 14.4 Å². The minimum Gasteiger partial charge on any atom is -0.345 e. The molecule has 0 bridgehead atoms. The van der Waals surface area contributed by atoms with Gasteiger partial charge in [-0.3, -0.25) is 14.4 Å². The Kier molecular flexibility index (Phi) is 4.83. The van der Waals surface area contributed by atoms with Crippen LogP contribution in [0.25, 0.3) is 0 Å². The van der Waals surface area contributed by atoms with Gasteiger partial charge in [0.05, 0.1) is 0 Å². The van der Waals surface area contributed by atoms with Gasteiger partial charge in [0.2, 0.25) is 5.91 Å². The molecule has 1 aromatic rings. The highest BCUT2D eigenvalue weighted by Gasteiger charge is 2.24. The Morgan fingerprint density at radius 2 is 1.88 bits per heavy atom. The normalized spacial score (nSPS) is 18.0. The van der Waals surface area contributed by atoms with Gasteiger partial charge in [-0.05, 0) is 49.9 Å². The maximum Gasteiger partial charge on any atom is 0.313 e.